The summed E-state index contributed by atoms with van der Waals surface area (Å²) in [5.41, 5.74) is 3.55. The monoisotopic (exact) mass is 401 g/mol. The topological polar surface area (TPSA) is 73.0 Å². The molecule has 0 unspecified atom stereocenters. The zero-order chi connectivity index (χ0) is 20.9. The number of aryl methyl sites for hydroxylation is 2. The zero-order valence-corrected chi connectivity index (χ0v) is 16.8. The van der Waals surface area contributed by atoms with E-state index in [0.29, 0.717) is 19.6 Å². The lowest BCUT2D eigenvalue weighted by molar-refractivity contribution is -0.132. The van der Waals surface area contributed by atoms with Crippen LogP contribution in [0.15, 0.2) is 78.1 Å². The first-order chi connectivity index (χ1) is 14.6. The highest BCUT2D eigenvalue weighted by Crippen LogP contribution is 2.14. The van der Waals surface area contributed by atoms with Gasteiger partial charge in [-0.1, -0.05) is 18.2 Å². The van der Waals surface area contributed by atoms with Gasteiger partial charge in [-0.3, -0.25) is 23.9 Å². The van der Waals surface area contributed by atoms with E-state index in [-0.39, 0.29) is 18.0 Å². The summed E-state index contributed by atoms with van der Waals surface area (Å²) < 4.78 is 3.28. The van der Waals surface area contributed by atoms with E-state index in [2.05, 4.69) is 9.97 Å². The second kappa shape index (κ2) is 8.73. The van der Waals surface area contributed by atoms with Crippen LogP contribution in [0.5, 0.6) is 0 Å². The molecule has 1 amide bonds. The van der Waals surface area contributed by atoms with E-state index in [1.807, 2.05) is 48.5 Å². The van der Waals surface area contributed by atoms with Crippen molar-refractivity contribution in [2.45, 2.75) is 26.1 Å². The molecule has 0 N–H and O–H groups in total. The molecule has 4 rings (SSSR count). The molecule has 3 heterocycles. The van der Waals surface area contributed by atoms with Gasteiger partial charge in [0.25, 0.3) is 0 Å². The number of pyridine rings is 2. The predicted octanol–water partition coefficient (Wildman–Crippen LogP) is 2.75. The molecule has 0 atom stereocenters. The minimum Gasteiger partial charge on any atom is -0.334 e. The molecule has 0 spiro atoms. The average molecular weight is 401 g/mol. The summed E-state index contributed by atoms with van der Waals surface area (Å²) in [6.45, 7) is 1.26. The number of nitrogens with zero attached hydrogens (tertiary/aromatic N) is 5. The summed E-state index contributed by atoms with van der Waals surface area (Å²) in [6.07, 6.45) is 7.15. The van der Waals surface area contributed by atoms with Gasteiger partial charge >= 0.3 is 5.69 Å². The number of hydrogen-bond acceptors (Lipinski definition) is 4. The van der Waals surface area contributed by atoms with Crippen molar-refractivity contribution in [1.29, 1.82) is 0 Å². The van der Waals surface area contributed by atoms with Crippen molar-refractivity contribution in [3.05, 3.63) is 94.9 Å². The minimum atomic E-state index is -0.114. The number of carbonyl (C=O) groups excluding carboxylic acids is 1. The molecule has 0 saturated carbocycles. The van der Waals surface area contributed by atoms with Gasteiger partial charge in [-0.2, -0.15) is 0 Å². The molecule has 152 valence electrons. The zero-order valence-electron chi connectivity index (χ0n) is 16.8. The Kier molecular flexibility index (Phi) is 5.70. The van der Waals surface area contributed by atoms with Gasteiger partial charge in [-0.25, -0.2) is 4.79 Å². The van der Waals surface area contributed by atoms with E-state index in [1.165, 1.54) is 0 Å². The molecule has 7 heteroatoms. The standard InChI is InChI=1S/C23H23N5O2/c1-26-20-6-2-3-7-21(20)28(23(26)30)14-10-22(29)27(16-18-8-12-24-13-9-18)17-19-5-4-11-25-15-19/h2-9,11-13,15H,10,14,16-17H2,1H3. The number of benzene rings is 1. The van der Waals surface area contributed by atoms with Crippen LogP contribution in [0, 0.1) is 0 Å². The normalized spacial score (nSPS) is 11.0. The van der Waals surface area contributed by atoms with Crippen molar-refractivity contribution < 1.29 is 4.79 Å². The van der Waals surface area contributed by atoms with Crippen LogP contribution in [0.2, 0.25) is 0 Å². The van der Waals surface area contributed by atoms with Gasteiger partial charge in [-0.05, 0) is 41.5 Å². The van der Waals surface area contributed by atoms with Crippen LogP contribution in [-0.4, -0.2) is 29.9 Å². The van der Waals surface area contributed by atoms with Crippen molar-refractivity contribution in [2.75, 3.05) is 0 Å². The summed E-state index contributed by atoms with van der Waals surface area (Å²) in [7, 11) is 1.75. The third-order valence-electron chi connectivity index (χ3n) is 5.17. The first-order valence-corrected chi connectivity index (χ1v) is 9.83. The Labute approximate surface area is 174 Å². The maximum absolute atomic E-state index is 13.1. The van der Waals surface area contributed by atoms with Crippen LogP contribution in [0.25, 0.3) is 11.0 Å². The molecule has 0 bridgehead atoms. The maximum atomic E-state index is 13.1. The van der Waals surface area contributed by atoms with E-state index in [9.17, 15) is 9.59 Å². The van der Waals surface area contributed by atoms with Crippen molar-refractivity contribution in [3.8, 4) is 0 Å². The van der Waals surface area contributed by atoms with E-state index in [0.717, 1.165) is 22.2 Å². The Morgan fingerprint density at radius 2 is 1.63 bits per heavy atom. The third kappa shape index (κ3) is 4.15. The number of carbonyl (C=O) groups is 1. The van der Waals surface area contributed by atoms with Crippen LogP contribution in [0.1, 0.15) is 17.5 Å². The number of imidazole rings is 1. The largest absolute Gasteiger partial charge is 0.334 e. The molecular weight excluding hydrogens is 378 g/mol. The number of fused-ring (bicyclic) bond motifs is 1. The molecule has 0 saturated heterocycles. The fourth-order valence-corrected chi connectivity index (χ4v) is 3.60. The number of hydrogen-bond donors (Lipinski definition) is 0. The van der Waals surface area contributed by atoms with Gasteiger partial charge in [0.15, 0.2) is 0 Å². The highest BCUT2D eigenvalue weighted by molar-refractivity contribution is 5.78. The van der Waals surface area contributed by atoms with Gasteiger partial charge < -0.3 is 4.90 Å². The van der Waals surface area contributed by atoms with Gasteiger partial charge in [0.05, 0.1) is 11.0 Å². The van der Waals surface area contributed by atoms with Crippen LogP contribution in [0.4, 0.5) is 0 Å². The van der Waals surface area contributed by atoms with Crippen molar-refractivity contribution in [1.82, 2.24) is 24.0 Å². The van der Waals surface area contributed by atoms with Gasteiger partial charge in [0, 0.05) is 57.9 Å². The Morgan fingerprint density at radius 1 is 0.900 bits per heavy atom. The van der Waals surface area contributed by atoms with Crippen LogP contribution in [-0.2, 0) is 31.5 Å². The predicted molar refractivity (Wildman–Crippen MR) is 115 cm³/mol. The van der Waals surface area contributed by atoms with E-state index < -0.39 is 0 Å². The van der Waals surface area contributed by atoms with Gasteiger partial charge in [0.1, 0.15) is 0 Å². The lowest BCUT2D eigenvalue weighted by atomic mass is 10.2. The summed E-state index contributed by atoms with van der Waals surface area (Å²) in [4.78, 5) is 35.8. The molecule has 0 aliphatic carbocycles. The lowest BCUT2D eigenvalue weighted by Crippen LogP contribution is -2.32. The minimum absolute atomic E-state index is 0.0181. The fraction of sp³-hybridized carbons (Fsp3) is 0.217. The summed E-state index contributed by atoms with van der Waals surface area (Å²) in [5.74, 6) is -0.0181. The van der Waals surface area contributed by atoms with Crippen molar-refractivity contribution >= 4 is 16.9 Å². The molecule has 0 fully saturated rings. The summed E-state index contributed by atoms with van der Waals surface area (Å²) in [6, 6.07) is 15.2. The molecule has 0 aliphatic heterocycles. The molecule has 0 aliphatic rings. The molecule has 7 nitrogen and oxygen atoms in total. The van der Waals surface area contributed by atoms with E-state index in [1.54, 1.807) is 45.9 Å². The Balaban J connectivity index is 1.54. The first kappa shape index (κ1) is 19.6. The second-order valence-electron chi connectivity index (χ2n) is 7.20. The molecule has 3 aromatic heterocycles. The molecule has 0 radical (unpaired) electrons. The molecular formula is C23H23N5O2. The number of para-hydroxylation sites is 2. The Hall–Kier alpha value is -3.74. The van der Waals surface area contributed by atoms with Crippen LogP contribution < -0.4 is 5.69 Å². The first-order valence-electron chi connectivity index (χ1n) is 9.83. The van der Waals surface area contributed by atoms with Gasteiger partial charge in [0.2, 0.25) is 5.91 Å². The molecule has 1 aromatic carbocycles. The molecule has 30 heavy (non-hydrogen) atoms. The average Bonchev–Trinajstić information content (AvgIpc) is 3.03. The Morgan fingerprint density at radius 3 is 2.37 bits per heavy atom. The van der Waals surface area contributed by atoms with Crippen LogP contribution in [0.3, 0.4) is 0 Å². The van der Waals surface area contributed by atoms with Gasteiger partial charge in [-0.15, -0.1) is 0 Å². The highest BCUT2D eigenvalue weighted by Gasteiger charge is 2.17. The molecule has 4 aromatic rings. The highest BCUT2D eigenvalue weighted by atomic mass is 16.2. The van der Waals surface area contributed by atoms with E-state index in [4.69, 9.17) is 0 Å². The quantitative estimate of drug-likeness (QED) is 0.477. The van der Waals surface area contributed by atoms with E-state index >= 15 is 0 Å². The number of rotatable bonds is 7. The summed E-state index contributed by atoms with van der Waals surface area (Å²) in [5, 5.41) is 0. The number of aromatic nitrogens is 4. The maximum Gasteiger partial charge on any atom is 0.328 e. The third-order valence-corrected chi connectivity index (χ3v) is 5.17. The lowest BCUT2D eigenvalue weighted by Gasteiger charge is -2.23. The smallest absolute Gasteiger partial charge is 0.328 e. The fourth-order valence-electron chi connectivity index (χ4n) is 3.60. The van der Waals surface area contributed by atoms with Crippen LogP contribution >= 0.6 is 0 Å². The summed E-state index contributed by atoms with van der Waals surface area (Å²) >= 11 is 0. The SMILES string of the molecule is Cn1c(=O)n(CCC(=O)N(Cc2ccncc2)Cc2cccnc2)c2ccccc21. The van der Waals surface area contributed by atoms with Crippen molar-refractivity contribution in [2.24, 2.45) is 7.05 Å². The number of amides is 1. The van der Waals surface area contributed by atoms with Crippen molar-refractivity contribution in [3.63, 3.8) is 0 Å². The Bertz CT molecular complexity index is 1160. The second-order valence-corrected chi connectivity index (χ2v) is 7.20.